The average molecular weight is 393 g/mol. The molecule has 3 aromatic heterocycles. The van der Waals surface area contributed by atoms with Gasteiger partial charge in [-0.3, -0.25) is 4.98 Å². The van der Waals surface area contributed by atoms with Crippen LogP contribution in [0.15, 0.2) is 58.5 Å². The van der Waals surface area contributed by atoms with Gasteiger partial charge in [-0.1, -0.05) is 30.0 Å². The van der Waals surface area contributed by atoms with Gasteiger partial charge in [0.05, 0.1) is 21.5 Å². The van der Waals surface area contributed by atoms with Crippen LogP contribution in [0.3, 0.4) is 0 Å². The first-order chi connectivity index (χ1) is 12.8. The fraction of sp³-hybridized carbons (Fsp3) is 0.0526. The highest BCUT2D eigenvalue weighted by molar-refractivity contribution is 8.00. The van der Waals surface area contributed by atoms with Crippen molar-refractivity contribution in [3.63, 3.8) is 0 Å². The van der Waals surface area contributed by atoms with E-state index >= 15 is 0 Å². The van der Waals surface area contributed by atoms with Gasteiger partial charge in [-0.05, 0) is 29.8 Å². The molecule has 0 spiro atoms. The molecule has 0 atom stereocenters. The van der Waals surface area contributed by atoms with Crippen molar-refractivity contribution in [1.82, 2.24) is 15.0 Å². The fourth-order valence-corrected chi connectivity index (χ4v) is 5.17. The maximum atomic E-state index is 9.45. The molecule has 0 aliphatic rings. The van der Waals surface area contributed by atoms with Gasteiger partial charge in [-0.2, -0.15) is 5.26 Å². The van der Waals surface area contributed by atoms with E-state index in [1.54, 1.807) is 35.5 Å². The van der Waals surface area contributed by atoms with Gasteiger partial charge in [0.2, 0.25) is 0 Å². The zero-order chi connectivity index (χ0) is 17.8. The molecule has 4 rings (SSSR count). The summed E-state index contributed by atoms with van der Waals surface area (Å²) in [4.78, 5) is 13.3. The summed E-state index contributed by atoms with van der Waals surface area (Å²) < 4.78 is 2.23. The summed E-state index contributed by atoms with van der Waals surface area (Å²) in [6.45, 7) is 0. The van der Waals surface area contributed by atoms with E-state index < -0.39 is 0 Å². The first kappa shape index (κ1) is 16.9. The molecular formula is C19H12N4S3. The molecule has 0 aliphatic heterocycles. The van der Waals surface area contributed by atoms with Gasteiger partial charge in [0, 0.05) is 23.5 Å². The van der Waals surface area contributed by atoms with Gasteiger partial charge in [-0.15, -0.1) is 22.7 Å². The quantitative estimate of drug-likeness (QED) is 0.331. The first-order valence-corrected chi connectivity index (χ1v) is 10.4. The van der Waals surface area contributed by atoms with Crippen molar-refractivity contribution in [2.75, 3.05) is 0 Å². The van der Waals surface area contributed by atoms with E-state index in [0.717, 1.165) is 31.9 Å². The summed E-state index contributed by atoms with van der Waals surface area (Å²) in [7, 11) is 0. The molecule has 0 radical (unpaired) electrons. The highest BCUT2D eigenvalue weighted by Gasteiger charge is 2.10. The van der Waals surface area contributed by atoms with Crippen LogP contribution in [0.4, 0.5) is 0 Å². The number of aromatic nitrogens is 3. The number of thiazole rings is 2. The van der Waals surface area contributed by atoms with E-state index in [4.69, 9.17) is 0 Å². The second-order valence-electron chi connectivity index (χ2n) is 5.34. The number of pyridine rings is 1. The molecule has 4 nitrogen and oxygen atoms in total. The maximum Gasteiger partial charge on any atom is 0.151 e. The van der Waals surface area contributed by atoms with Crippen LogP contribution in [0, 0.1) is 11.3 Å². The lowest BCUT2D eigenvalue weighted by atomic mass is 10.2. The van der Waals surface area contributed by atoms with Crippen molar-refractivity contribution in [2.45, 2.75) is 10.1 Å². The normalized spacial score (nSPS) is 11.6. The Bertz CT molecular complexity index is 1070. The van der Waals surface area contributed by atoms with Crippen molar-refractivity contribution in [3.8, 4) is 6.07 Å². The summed E-state index contributed by atoms with van der Waals surface area (Å²) in [6, 6.07) is 14.1. The van der Waals surface area contributed by atoms with Gasteiger partial charge >= 0.3 is 0 Å². The van der Waals surface area contributed by atoms with Crippen LogP contribution in [0.2, 0.25) is 0 Å². The Hall–Kier alpha value is -2.53. The number of benzene rings is 1. The number of nitriles is 1. The lowest BCUT2D eigenvalue weighted by molar-refractivity contribution is 1.21. The fourth-order valence-electron chi connectivity index (χ4n) is 2.32. The van der Waals surface area contributed by atoms with E-state index in [-0.39, 0.29) is 0 Å². The van der Waals surface area contributed by atoms with Crippen LogP contribution in [-0.4, -0.2) is 15.0 Å². The average Bonchev–Trinajstić information content (AvgIpc) is 3.31. The van der Waals surface area contributed by atoms with Gasteiger partial charge in [0.1, 0.15) is 11.1 Å². The molecule has 3 heterocycles. The number of para-hydroxylation sites is 1. The molecular weight excluding hydrogens is 380 g/mol. The number of rotatable bonds is 5. The van der Waals surface area contributed by atoms with E-state index in [1.165, 1.54) is 16.0 Å². The molecule has 0 aliphatic carbocycles. The Morgan fingerprint density at radius 2 is 2.12 bits per heavy atom. The van der Waals surface area contributed by atoms with E-state index in [1.807, 2.05) is 41.8 Å². The van der Waals surface area contributed by atoms with Crippen molar-refractivity contribution in [3.05, 3.63) is 70.4 Å². The Labute approximate surface area is 162 Å². The van der Waals surface area contributed by atoms with Gasteiger partial charge in [-0.25, -0.2) is 9.97 Å². The van der Waals surface area contributed by atoms with Crippen LogP contribution < -0.4 is 0 Å². The Balaban J connectivity index is 1.49. The maximum absolute atomic E-state index is 9.45. The minimum atomic E-state index is 0.555. The number of fused-ring (bicyclic) bond motifs is 1. The van der Waals surface area contributed by atoms with Crippen molar-refractivity contribution in [2.24, 2.45) is 0 Å². The topological polar surface area (TPSA) is 62.5 Å². The molecule has 4 aromatic rings. The van der Waals surface area contributed by atoms with Gasteiger partial charge in [0.15, 0.2) is 4.34 Å². The molecule has 0 unspecified atom stereocenters. The number of allylic oxidation sites excluding steroid dienone is 1. The smallest absolute Gasteiger partial charge is 0.151 e. The van der Waals surface area contributed by atoms with Crippen LogP contribution in [-0.2, 0) is 5.75 Å². The molecule has 126 valence electrons. The van der Waals surface area contributed by atoms with Gasteiger partial charge < -0.3 is 0 Å². The molecule has 26 heavy (non-hydrogen) atoms. The molecule has 0 saturated carbocycles. The predicted octanol–water partition coefficient (Wildman–Crippen LogP) is 5.50. The second-order valence-corrected chi connectivity index (χ2v) is 8.45. The molecule has 0 fully saturated rings. The molecule has 7 heteroatoms. The summed E-state index contributed by atoms with van der Waals surface area (Å²) >= 11 is 4.86. The summed E-state index contributed by atoms with van der Waals surface area (Å²) in [5.74, 6) is 0.738. The van der Waals surface area contributed by atoms with Gasteiger partial charge in [0.25, 0.3) is 0 Å². The Morgan fingerprint density at radius 1 is 1.19 bits per heavy atom. The Kier molecular flexibility index (Phi) is 5.07. The zero-order valence-corrected chi connectivity index (χ0v) is 15.9. The van der Waals surface area contributed by atoms with E-state index in [2.05, 4.69) is 27.1 Å². The third-order valence-corrected chi connectivity index (χ3v) is 6.65. The molecule has 1 aromatic carbocycles. The van der Waals surface area contributed by atoms with Crippen molar-refractivity contribution >= 4 is 56.3 Å². The van der Waals surface area contributed by atoms with Crippen LogP contribution >= 0.6 is 34.4 Å². The van der Waals surface area contributed by atoms with Crippen molar-refractivity contribution in [1.29, 1.82) is 5.26 Å². The minimum Gasteiger partial charge on any atom is -0.264 e. The summed E-state index contributed by atoms with van der Waals surface area (Å²) in [6.07, 6.45) is 5.26. The van der Waals surface area contributed by atoms with E-state index in [0.29, 0.717) is 5.57 Å². The third-order valence-electron chi connectivity index (χ3n) is 3.52. The largest absolute Gasteiger partial charge is 0.264 e. The predicted molar refractivity (Wildman–Crippen MR) is 109 cm³/mol. The Morgan fingerprint density at radius 3 is 2.92 bits per heavy atom. The third kappa shape index (κ3) is 3.83. The highest BCUT2D eigenvalue weighted by atomic mass is 32.2. The van der Waals surface area contributed by atoms with Crippen LogP contribution in [0.5, 0.6) is 0 Å². The molecule has 0 amide bonds. The SMILES string of the molecule is N#C/C(=C/c1cccnc1)c1nc(CSc2nc3ccccc3s2)cs1. The summed E-state index contributed by atoms with van der Waals surface area (Å²) in [5.41, 5.74) is 3.44. The van der Waals surface area contributed by atoms with E-state index in [9.17, 15) is 5.26 Å². The lowest BCUT2D eigenvalue weighted by Gasteiger charge is -1.95. The minimum absolute atomic E-state index is 0.555. The monoisotopic (exact) mass is 392 g/mol. The number of nitrogens with zero attached hydrogens (tertiary/aromatic N) is 4. The van der Waals surface area contributed by atoms with Crippen LogP contribution in [0.25, 0.3) is 21.9 Å². The summed E-state index contributed by atoms with van der Waals surface area (Å²) in [5, 5.41) is 12.2. The van der Waals surface area contributed by atoms with Crippen LogP contribution in [0.1, 0.15) is 16.3 Å². The molecule has 0 N–H and O–H groups in total. The molecule has 0 saturated heterocycles. The zero-order valence-electron chi connectivity index (χ0n) is 13.5. The molecule has 0 bridgehead atoms. The number of thioether (sulfide) groups is 1. The second kappa shape index (κ2) is 7.79. The highest BCUT2D eigenvalue weighted by Crippen LogP contribution is 2.32. The number of hydrogen-bond acceptors (Lipinski definition) is 7. The first-order valence-electron chi connectivity index (χ1n) is 7.77. The standard InChI is InChI=1S/C19H12N4S3/c20-9-14(8-13-4-3-7-21-10-13)18-22-15(11-24-18)12-25-19-23-16-5-1-2-6-17(16)26-19/h1-8,10-11H,12H2/b14-8-. The van der Waals surface area contributed by atoms with Crippen molar-refractivity contribution < 1.29 is 0 Å². The lowest BCUT2D eigenvalue weighted by Crippen LogP contribution is -1.85. The number of hydrogen-bond donors (Lipinski definition) is 0.